The third-order valence-electron chi connectivity index (χ3n) is 3.01. The zero-order valence-electron chi connectivity index (χ0n) is 9.69. The zero-order chi connectivity index (χ0) is 11.4. The summed E-state index contributed by atoms with van der Waals surface area (Å²) in [6.45, 7) is 0.806. The van der Waals surface area contributed by atoms with Crippen LogP contribution in [0.4, 0.5) is 0 Å². The molecule has 1 unspecified atom stereocenters. The number of carbonyl (C=O) groups excluding carboxylic acids is 1. The van der Waals surface area contributed by atoms with E-state index in [2.05, 4.69) is 4.98 Å². The summed E-state index contributed by atoms with van der Waals surface area (Å²) in [5, 5.41) is 0. The molecule has 2 heterocycles. The standard InChI is InChI=1S/C12H18N2O2/c1-14-6-5-13-12(14)9-10(15)8-11-4-2-3-7-16-11/h5-6,11H,2-4,7-9H2,1H3. The molecule has 16 heavy (non-hydrogen) atoms. The lowest BCUT2D eigenvalue weighted by Crippen LogP contribution is -2.23. The van der Waals surface area contributed by atoms with Crippen LogP contribution in [0.25, 0.3) is 0 Å². The Labute approximate surface area is 95.6 Å². The van der Waals surface area contributed by atoms with Crippen LogP contribution in [0.2, 0.25) is 0 Å². The minimum Gasteiger partial charge on any atom is -0.378 e. The van der Waals surface area contributed by atoms with E-state index in [9.17, 15) is 4.79 Å². The molecule has 0 N–H and O–H groups in total. The summed E-state index contributed by atoms with van der Waals surface area (Å²) in [4.78, 5) is 15.9. The highest BCUT2D eigenvalue weighted by molar-refractivity contribution is 5.80. The predicted molar refractivity (Wildman–Crippen MR) is 60.1 cm³/mol. The lowest BCUT2D eigenvalue weighted by molar-refractivity contribution is -0.122. The van der Waals surface area contributed by atoms with E-state index in [1.807, 2.05) is 17.8 Å². The van der Waals surface area contributed by atoms with Gasteiger partial charge in [0, 0.05) is 32.5 Å². The third-order valence-corrected chi connectivity index (χ3v) is 3.01. The van der Waals surface area contributed by atoms with Gasteiger partial charge >= 0.3 is 0 Å². The van der Waals surface area contributed by atoms with Crippen LogP contribution in [0.5, 0.6) is 0 Å². The lowest BCUT2D eigenvalue weighted by Gasteiger charge is -2.21. The minimum atomic E-state index is 0.140. The van der Waals surface area contributed by atoms with Gasteiger partial charge in [0.15, 0.2) is 0 Å². The number of carbonyl (C=O) groups is 1. The first-order valence-electron chi connectivity index (χ1n) is 5.85. The fourth-order valence-corrected chi connectivity index (χ4v) is 2.04. The van der Waals surface area contributed by atoms with Gasteiger partial charge in [0.1, 0.15) is 11.6 Å². The Morgan fingerprint density at radius 2 is 2.50 bits per heavy atom. The highest BCUT2D eigenvalue weighted by Gasteiger charge is 2.18. The van der Waals surface area contributed by atoms with Gasteiger partial charge in [-0.05, 0) is 19.3 Å². The normalized spacial score (nSPS) is 20.9. The molecule has 88 valence electrons. The van der Waals surface area contributed by atoms with E-state index in [1.165, 1.54) is 6.42 Å². The maximum atomic E-state index is 11.8. The van der Waals surface area contributed by atoms with E-state index in [0.717, 1.165) is 25.3 Å². The molecule has 0 radical (unpaired) electrons. The van der Waals surface area contributed by atoms with Crippen LogP contribution >= 0.6 is 0 Å². The monoisotopic (exact) mass is 222 g/mol. The molecule has 1 saturated heterocycles. The molecule has 0 aromatic carbocycles. The summed E-state index contributed by atoms with van der Waals surface area (Å²) in [5.74, 6) is 1.06. The first kappa shape index (κ1) is 11.3. The molecule has 1 aromatic rings. The SMILES string of the molecule is Cn1ccnc1CC(=O)CC1CCCCO1. The minimum absolute atomic E-state index is 0.140. The van der Waals surface area contributed by atoms with Gasteiger partial charge in [0.25, 0.3) is 0 Å². The van der Waals surface area contributed by atoms with Crippen LogP contribution in [0.1, 0.15) is 31.5 Å². The number of aromatic nitrogens is 2. The number of Topliss-reactive ketones (excluding diaryl/α,β-unsaturated/α-hetero) is 1. The molecule has 2 rings (SSSR count). The van der Waals surface area contributed by atoms with E-state index in [1.54, 1.807) is 6.20 Å². The molecule has 1 aromatic heterocycles. The second kappa shape index (κ2) is 5.25. The van der Waals surface area contributed by atoms with Crippen molar-refractivity contribution in [1.29, 1.82) is 0 Å². The summed E-state index contributed by atoms with van der Waals surface area (Å²) >= 11 is 0. The first-order chi connectivity index (χ1) is 7.75. The fourth-order valence-electron chi connectivity index (χ4n) is 2.04. The zero-order valence-corrected chi connectivity index (χ0v) is 9.69. The smallest absolute Gasteiger partial charge is 0.142 e. The van der Waals surface area contributed by atoms with Crippen molar-refractivity contribution in [3.05, 3.63) is 18.2 Å². The molecule has 1 fully saturated rings. The molecule has 1 aliphatic heterocycles. The first-order valence-corrected chi connectivity index (χ1v) is 5.85. The molecular formula is C12H18N2O2. The number of imidazole rings is 1. The number of rotatable bonds is 4. The second-order valence-electron chi connectivity index (χ2n) is 4.36. The molecule has 0 saturated carbocycles. The summed E-state index contributed by atoms with van der Waals surface area (Å²) in [6, 6.07) is 0. The van der Waals surface area contributed by atoms with E-state index < -0.39 is 0 Å². The van der Waals surface area contributed by atoms with Gasteiger partial charge in [0.2, 0.25) is 0 Å². The van der Waals surface area contributed by atoms with Crippen LogP contribution in [0.15, 0.2) is 12.4 Å². The highest BCUT2D eigenvalue weighted by atomic mass is 16.5. The van der Waals surface area contributed by atoms with Crippen LogP contribution in [0.3, 0.4) is 0 Å². The molecule has 1 aliphatic rings. The Morgan fingerprint density at radius 1 is 1.62 bits per heavy atom. The summed E-state index contributed by atoms with van der Waals surface area (Å²) in [7, 11) is 1.91. The molecule has 0 amide bonds. The average Bonchev–Trinajstić information content (AvgIpc) is 2.66. The van der Waals surface area contributed by atoms with E-state index in [0.29, 0.717) is 12.8 Å². The summed E-state index contributed by atoms with van der Waals surface area (Å²) in [5.41, 5.74) is 0. The molecule has 1 atom stereocenters. The second-order valence-corrected chi connectivity index (χ2v) is 4.36. The van der Waals surface area contributed by atoms with Gasteiger partial charge in [-0.3, -0.25) is 4.79 Å². The van der Waals surface area contributed by atoms with Crippen molar-refractivity contribution in [3.63, 3.8) is 0 Å². The topological polar surface area (TPSA) is 44.1 Å². The number of hydrogen-bond donors (Lipinski definition) is 0. The van der Waals surface area contributed by atoms with Crippen LogP contribution < -0.4 is 0 Å². The van der Waals surface area contributed by atoms with Gasteiger partial charge in [-0.2, -0.15) is 0 Å². The highest BCUT2D eigenvalue weighted by Crippen LogP contribution is 2.16. The fraction of sp³-hybridized carbons (Fsp3) is 0.667. The molecule has 4 heteroatoms. The maximum absolute atomic E-state index is 11.8. The number of hydrogen-bond acceptors (Lipinski definition) is 3. The van der Waals surface area contributed by atoms with Crippen LogP contribution in [-0.4, -0.2) is 28.0 Å². The molecule has 4 nitrogen and oxygen atoms in total. The van der Waals surface area contributed by atoms with Crippen LogP contribution in [-0.2, 0) is 23.0 Å². The number of nitrogens with zero attached hydrogens (tertiary/aromatic N) is 2. The number of ether oxygens (including phenoxy) is 1. The van der Waals surface area contributed by atoms with Crippen molar-refractivity contribution >= 4 is 5.78 Å². The van der Waals surface area contributed by atoms with Crippen LogP contribution in [0, 0.1) is 0 Å². The Balaban J connectivity index is 1.82. The maximum Gasteiger partial charge on any atom is 0.142 e. The quantitative estimate of drug-likeness (QED) is 0.775. The molecule has 0 aliphatic carbocycles. The lowest BCUT2D eigenvalue weighted by atomic mass is 10.0. The largest absolute Gasteiger partial charge is 0.378 e. The summed E-state index contributed by atoms with van der Waals surface area (Å²) in [6.07, 6.45) is 8.01. The number of ketones is 1. The Hall–Kier alpha value is -1.16. The van der Waals surface area contributed by atoms with Gasteiger partial charge in [-0.25, -0.2) is 4.98 Å². The van der Waals surface area contributed by atoms with Crippen molar-refractivity contribution in [2.45, 2.75) is 38.2 Å². The van der Waals surface area contributed by atoms with Crippen molar-refractivity contribution in [2.75, 3.05) is 6.61 Å². The van der Waals surface area contributed by atoms with Crippen molar-refractivity contribution in [3.8, 4) is 0 Å². The Kier molecular flexibility index (Phi) is 3.72. The van der Waals surface area contributed by atoms with E-state index in [4.69, 9.17) is 4.74 Å². The molecule has 0 spiro atoms. The third kappa shape index (κ3) is 2.92. The summed E-state index contributed by atoms with van der Waals surface area (Å²) < 4.78 is 7.44. The van der Waals surface area contributed by atoms with E-state index in [-0.39, 0.29) is 11.9 Å². The predicted octanol–water partition coefficient (Wildman–Crippen LogP) is 1.49. The molecule has 0 bridgehead atoms. The van der Waals surface area contributed by atoms with Gasteiger partial charge in [-0.1, -0.05) is 0 Å². The van der Waals surface area contributed by atoms with E-state index >= 15 is 0 Å². The van der Waals surface area contributed by atoms with Crippen molar-refractivity contribution in [2.24, 2.45) is 7.05 Å². The van der Waals surface area contributed by atoms with Crippen molar-refractivity contribution in [1.82, 2.24) is 9.55 Å². The van der Waals surface area contributed by atoms with Gasteiger partial charge in [0.05, 0.1) is 12.5 Å². The Morgan fingerprint density at radius 3 is 3.12 bits per heavy atom. The Bertz CT molecular complexity index is 354. The van der Waals surface area contributed by atoms with Crippen molar-refractivity contribution < 1.29 is 9.53 Å². The average molecular weight is 222 g/mol. The van der Waals surface area contributed by atoms with Gasteiger partial charge < -0.3 is 9.30 Å². The number of aryl methyl sites for hydroxylation is 1. The molecular weight excluding hydrogens is 204 g/mol. The van der Waals surface area contributed by atoms with Gasteiger partial charge in [-0.15, -0.1) is 0 Å².